The number of benzene rings is 2. The molecule has 0 fully saturated rings. The number of nitrogens with one attached hydrogen (secondary N) is 2. The Bertz CT molecular complexity index is 1420. The van der Waals surface area contributed by atoms with Gasteiger partial charge in [0.1, 0.15) is 23.4 Å². The van der Waals surface area contributed by atoms with Crippen molar-refractivity contribution in [2.75, 3.05) is 56.9 Å². The molecular formula is C26H29FN8O2. The summed E-state index contributed by atoms with van der Waals surface area (Å²) in [5, 5.41) is 6.06. The van der Waals surface area contributed by atoms with Gasteiger partial charge in [-0.15, -0.1) is 0 Å². The summed E-state index contributed by atoms with van der Waals surface area (Å²) in [6.07, 6.45) is 4.42. The molecule has 10 nitrogen and oxygen atoms in total. The Morgan fingerprint density at radius 2 is 1.89 bits per heavy atom. The number of imidazole rings is 1. The average Bonchev–Trinajstić information content (AvgIpc) is 3.31. The number of halogens is 1. The lowest BCUT2D eigenvalue weighted by atomic mass is 10.2. The van der Waals surface area contributed by atoms with E-state index in [4.69, 9.17) is 4.74 Å². The van der Waals surface area contributed by atoms with E-state index in [1.807, 2.05) is 32.1 Å². The van der Waals surface area contributed by atoms with Crippen LogP contribution in [0.5, 0.6) is 5.75 Å². The molecule has 37 heavy (non-hydrogen) atoms. The van der Waals surface area contributed by atoms with E-state index in [0.29, 0.717) is 39.9 Å². The zero-order chi connectivity index (χ0) is 26.5. The number of aromatic nitrogens is 4. The van der Waals surface area contributed by atoms with Crippen LogP contribution < -0.4 is 20.3 Å². The van der Waals surface area contributed by atoms with Crippen molar-refractivity contribution in [1.82, 2.24) is 24.4 Å². The van der Waals surface area contributed by atoms with E-state index in [-0.39, 0.29) is 11.7 Å². The monoisotopic (exact) mass is 504 g/mol. The number of ether oxygens (including phenoxy) is 1. The first-order valence-corrected chi connectivity index (χ1v) is 11.5. The average molecular weight is 505 g/mol. The third-order valence-electron chi connectivity index (χ3n) is 5.70. The summed E-state index contributed by atoms with van der Waals surface area (Å²) < 4.78 is 20.8. The Labute approximate surface area is 214 Å². The lowest BCUT2D eigenvalue weighted by Crippen LogP contribution is -2.29. The topological polar surface area (TPSA) is 100 Å². The molecule has 0 aliphatic rings. The van der Waals surface area contributed by atoms with E-state index >= 15 is 0 Å². The van der Waals surface area contributed by atoms with E-state index < -0.39 is 0 Å². The second-order valence-electron chi connectivity index (χ2n) is 8.61. The van der Waals surface area contributed by atoms with Gasteiger partial charge in [0.05, 0.1) is 30.4 Å². The first kappa shape index (κ1) is 25.6. The molecule has 0 bridgehead atoms. The second kappa shape index (κ2) is 11.0. The van der Waals surface area contributed by atoms with Crippen molar-refractivity contribution in [3.05, 3.63) is 67.4 Å². The molecule has 0 unspecified atom stereocenters. The summed E-state index contributed by atoms with van der Waals surface area (Å²) in [7, 11) is 7.52. The zero-order valence-electron chi connectivity index (χ0n) is 21.2. The summed E-state index contributed by atoms with van der Waals surface area (Å²) >= 11 is 0. The van der Waals surface area contributed by atoms with Crippen LogP contribution in [0.3, 0.4) is 0 Å². The van der Waals surface area contributed by atoms with Gasteiger partial charge in [0.15, 0.2) is 5.65 Å². The van der Waals surface area contributed by atoms with E-state index in [1.165, 1.54) is 18.2 Å². The van der Waals surface area contributed by atoms with Crippen LogP contribution in [0.4, 0.5) is 27.4 Å². The third-order valence-corrected chi connectivity index (χ3v) is 5.70. The van der Waals surface area contributed by atoms with Crippen molar-refractivity contribution in [2.45, 2.75) is 0 Å². The number of fused-ring (bicyclic) bond motifs is 1. The van der Waals surface area contributed by atoms with Gasteiger partial charge >= 0.3 is 0 Å². The van der Waals surface area contributed by atoms with Crippen LogP contribution in [0.2, 0.25) is 0 Å². The standard InChI is InChI=1S/C26H29FN8O2/c1-6-24(36)30-19-13-20(23(37-5)14-22(19)34(4)12-11-33(2)3)31-26-28-15-21-25(32-26)35(16-29-21)18-9-7-17(27)8-10-18/h6-10,13-16H,1,11-12H2,2-5H3,(H,30,36)(H,28,31,32). The lowest BCUT2D eigenvalue weighted by Gasteiger charge is -2.25. The minimum Gasteiger partial charge on any atom is -0.494 e. The lowest BCUT2D eigenvalue weighted by molar-refractivity contribution is -0.111. The Hall–Kier alpha value is -4.51. The normalized spacial score (nSPS) is 11.0. The molecule has 0 saturated heterocycles. The first-order valence-electron chi connectivity index (χ1n) is 11.5. The number of anilines is 4. The molecule has 0 saturated carbocycles. The maximum absolute atomic E-state index is 13.4. The van der Waals surface area contributed by atoms with Crippen LogP contribution in [0, 0.1) is 5.82 Å². The van der Waals surface area contributed by atoms with Crippen LogP contribution in [-0.2, 0) is 4.79 Å². The van der Waals surface area contributed by atoms with Crippen molar-refractivity contribution in [3.63, 3.8) is 0 Å². The molecule has 0 aliphatic heterocycles. The SMILES string of the molecule is C=CC(=O)Nc1cc(Nc2ncc3ncn(-c4ccc(F)cc4)c3n2)c(OC)cc1N(C)CCN(C)C. The minimum absolute atomic E-state index is 0.296. The molecule has 2 N–H and O–H groups in total. The highest BCUT2D eigenvalue weighted by Crippen LogP contribution is 2.38. The van der Waals surface area contributed by atoms with Gasteiger partial charge in [0.25, 0.3) is 0 Å². The van der Waals surface area contributed by atoms with E-state index in [9.17, 15) is 9.18 Å². The van der Waals surface area contributed by atoms with Crippen molar-refractivity contribution >= 4 is 40.1 Å². The molecular weight excluding hydrogens is 475 g/mol. The van der Waals surface area contributed by atoms with Gasteiger partial charge < -0.3 is 25.2 Å². The van der Waals surface area contributed by atoms with Crippen molar-refractivity contribution in [2.24, 2.45) is 0 Å². The molecule has 2 heterocycles. The highest BCUT2D eigenvalue weighted by atomic mass is 19.1. The van der Waals surface area contributed by atoms with Gasteiger partial charge in [-0.1, -0.05) is 6.58 Å². The van der Waals surface area contributed by atoms with Gasteiger partial charge in [-0.05, 0) is 50.5 Å². The Morgan fingerprint density at radius 3 is 2.57 bits per heavy atom. The predicted molar refractivity (Wildman–Crippen MR) is 144 cm³/mol. The Balaban J connectivity index is 1.71. The molecule has 0 radical (unpaired) electrons. The number of carbonyl (C=O) groups excluding carboxylic acids is 1. The van der Waals surface area contributed by atoms with Crippen molar-refractivity contribution in [3.8, 4) is 11.4 Å². The van der Waals surface area contributed by atoms with Gasteiger partial charge in [0, 0.05) is 31.9 Å². The van der Waals surface area contributed by atoms with Crippen LogP contribution in [0.1, 0.15) is 0 Å². The van der Waals surface area contributed by atoms with Crippen molar-refractivity contribution in [1.29, 1.82) is 0 Å². The van der Waals surface area contributed by atoms with Crippen LogP contribution >= 0.6 is 0 Å². The summed E-state index contributed by atoms with van der Waals surface area (Å²) in [5.41, 5.74) is 3.75. The van der Waals surface area contributed by atoms with Gasteiger partial charge in [-0.2, -0.15) is 4.98 Å². The molecule has 2 aromatic heterocycles. The van der Waals surface area contributed by atoms with E-state index in [2.05, 4.69) is 37.1 Å². The number of rotatable bonds is 10. The van der Waals surface area contributed by atoms with Crippen LogP contribution in [0.15, 0.2) is 61.6 Å². The van der Waals surface area contributed by atoms with Gasteiger partial charge in [0.2, 0.25) is 11.9 Å². The highest BCUT2D eigenvalue weighted by molar-refractivity contribution is 6.02. The quantitative estimate of drug-likeness (QED) is 0.315. The molecule has 2 aromatic carbocycles. The Kier molecular flexibility index (Phi) is 7.63. The highest BCUT2D eigenvalue weighted by Gasteiger charge is 2.17. The van der Waals surface area contributed by atoms with E-state index in [1.54, 1.807) is 42.4 Å². The minimum atomic E-state index is -0.334. The summed E-state index contributed by atoms with van der Waals surface area (Å²) in [4.78, 5) is 29.7. The molecule has 192 valence electrons. The zero-order valence-corrected chi connectivity index (χ0v) is 21.2. The summed E-state index contributed by atoms with van der Waals surface area (Å²) in [5.74, 6) is 0.176. The molecule has 4 rings (SSSR count). The number of hydrogen-bond donors (Lipinski definition) is 2. The number of methoxy groups -OCH3 is 1. The van der Waals surface area contributed by atoms with Gasteiger partial charge in [-0.3, -0.25) is 9.36 Å². The van der Waals surface area contributed by atoms with Crippen LogP contribution in [-0.4, -0.2) is 71.7 Å². The predicted octanol–water partition coefficient (Wildman–Crippen LogP) is 3.83. The smallest absolute Gasteiger partial charge is 0.247 e. The maximum Gasteiger partial charge on any atom is 0.247 e. The van der Waals surface area contributed by atoms with Crippen molar-refractivity contribution < 1.29 is 13.9 Å². The number of nitrogens with zero attached hydrogens (tertiary/aromatic N) is 6. The number of likely N-dealkylation sites (N-methyl/N-ethyl adjacent to an activating group) is 2. The molecule has 1 amide bonds. The fraction of sp³-hybridized carbons (Fsp3) is 0.231. The molecule has 0 atom stereocenters. The first-order chi connectivity index (χ1) is 17.8. The fourth-order valence-corrected chi connectivity index (χ4v) is 3.69. The second-order valence-corrected chi connectivity index (χ2v) is 8.61. The number of amides is 1. The largest absolute Gasteiger partial charge is 0.494 e. The van der Waals surface area contributed by atoms with Gasteiger partial charge in [-0.25, -0.2) is 14.4 Å². The number of carbonyl (C=O) groups is 1. The molecule has 4 aromatic rings. The maximum atomic E-state index is 13.4. The van der Waals surface area contributed by atoms with Crippen LogP contribution in [0.25, 0.3) is 16.9 Å². The van der Waals surface area contributed by atoms with E-state index in [0.717, 1.165) is 18.8 Å². The summed E-state index contributed by atoms with van der Waals surface area (Å²) in [6.45, 7) is 5.11. The summed E-state index contributed by atoms with van der Waals surface area (Å²) in [6, 6.07) is 9.67. The number of hydrogen-bond acceptors (Lipinski definition) is 8. The Morgan fingerprint density at radius 1 is 1.14 bits per heavy atom. The molecule has 0 spiro atoms. The third kappa shape index (κ3) is 5.84. The molecule has 0 aliphatic carbocycles. The molecule has 11 heteroatoms. The fourth-order valence-electron chi connectivity index (χ4n) is 3.69.